The van der Waals surface area contributed by atoms with Crippen molar-refractivity contribution < 1.29 is 0 Å². The van der Waals surface area contributed by atoms with Crippen LogP contribution in [0.25, 0.3) is 16.6 Å². The second-order valence-electron chi connectivity index (χ2n) is 2.93. The quantitative estimate of drug-likeness (QED) is 0.514. The number of para-hydroxylation sites is 1. The maximum Gasteiger partial charge on any atom is 0.155 e. The first-order chi connectivity index (χ1) is 6.43. The molecule has 0 spiro atoms. The van der Waals surface area contributed by atoms with Crippen LogP contribution in [0.5, 0.6) is 0 Å². The molecule has 0 aliphatic carbocycles. The van der Waals surface area contributed by atoms with Crippen LogP contribution in [0.3, 0.4) is 0 Å². The summed E-state index contributed by atoms with van der Waals surface area (Å²) in [5.74, 6) is 0. The van der Waals surface area contributed by atoms with Crippen molar-refractivity contribution in [2.24, 2.45) is 0 Å². The number of fused-ring (bicyclic) bond motifs is 2. The molecule has 0 amide bonds. The third-order valence-electron chi connectivity index (χ3n) is 2.08. The Hall–Kier alpha value is -1.90. The molecule has 3 rings (SSSR count). The van der Waals surface area contributed by atoms with Crippen LogP contribution in [-0.2, 0) is 0 Å². The number of aromatic nitrogens is 3. The molecule has 2 aromatic heterocycles. The van der Waals surface area contributed by atoms with Gasteiger partial charge in [-0.25, -0.2) is 9.50 Å². The summed E-state index contributed by atoms with van der Waals surface area (Å²) in [6, 6.07) is 9.92. The maximum absolute atomic E-state index is 4.44. The van der Waals surface area contributed by atoms with E-state index in [2.05, 4.69) is 10.1 Å². The Labute approximate surface area is 74.6 Å². The van der Waals surface area contributed by atoms with Crippen molar-refractivity contribution in [3.8, 4) is 0 Å². The molecule has 0 bridgehead atoms. The van der Waals surface area contributed by atoms with Crippen molar-refractivity contribution in [2.75, 3.05) is 0 Å². The van der Waals surface area contributed by atoms with E-state index in [9.17, 15) is 0 Å². The third kappa shape index (κ3) is 0.902. The lowest BCUT2D eigenvalue weighted by Gasteiger charge is -1.96. The van der Waals surface area contributed by atoms with E-state index in [-0.39, 0.29) is 0 Å². The normalized spacial score (nSPS) is 11.1. The largest absolute Gasteiger partial charge is 0.229 e. The predicted octanol–water partition coefficient (Wildman–Crippen LogP) is 1.88. The van der Waals surface area contributed by atoms with E-state index in [0.717, 1.165) is 16.6 Å². The average Bonchev–Trinajstić information content (AvgIpc) is 2.61. The molecule has 1 aromatic carbocycles. The zero-order chi connectivity index (χ0) is 8.67. The van der Waals surface area contributed by atoms with Crippen molar-refractivity contribution in [2.45, 2.75) is 0 Å². The number of rotatable bonds is 0. The van der Waals surface area contributed by atoms with Crippen molar-refractivity contribution in [1.82, 2.24) is 14.6 Å². The van der Waals surface area contributed by atoms with Crippen LogP contribution >= 0.6 is 0 Å². The topological polar surface area (TPSA) is 30.2 Å². The van der Waals surface area contributed by atoms with Gasteiger partial charge in [-0.15, -0.1) is 0 Å². The molecule has 0 fully saturated rings. The molecule has 0 N–H and O–H groups in total. The summed E-state index contributed by atoms with van der Waals surface area (Å²) in [6.07, 6.45) is 3.74. The van der Waals surface area contributed by atoms with Gasteiger partial charge in [-0.2, -0.15) is 5.10 Å². The molecule has 3 heteroatoms. The molecule has 0 saturated carbocycles. The van der Waals surface area contributed by atoms with Crippen molar-refractivity contribution in [3.05, 3.63) is 42.7 Å². The van der Waals surface area contributed by atoms with Gasteiger partial charge in [0.25, 0.3) is 0 Å². The van der Waals surface area contributed by atoms with E-state index in [4.69, 9.17) is 0 Å². The first-order valence-electron chi connectivity index (χ1n) is 4.13. The summed E-state index contributed by atoms with van der Waals surface area (Å²) in [7, 11) is 0. The van der Waals surface area contributed by atoms with Crippen molar-refractivity contribution in [1.29, 1.82) is 0 Å². The third-order valence-corrected chi connectivity index (χ3v) is 2.08. The van der Waals surface area contributed by atoms with Crippen molar-refractivity contribution in [3.63, 3.8) is 0 Å². The second-order valence-corrected chi connectivity index (χ2v) is 2.93. The van der Waals surface area contributed by atoms with Gasteiger partial charge in [-0.05, 0) is 6.07 Å². The smallest absolute Gasteiger partial charge is 0.155 e. The van der Waals surface area contributed by atoms with E-state index in [1.807, 2.05) is 36.5 Å². The fraction of sp³-hybridized carbons (Fsp3) is 0. The first-order valence-corrected chi connectivity index (χ1v) is 4.13. The van der Waals surface area contributed by atoms with Crippen LogP contribution in [0.4, 0.5) is 0 Å². The SMILES string of the molecule is c1ccc2nc3ccnn3cc2c1. The van der Waals surface area contributed by atoms with Crippen LogP contribution in [0.2, 0.25) is 0 Å². The molecule has 0 aliphatic heterocycles. The molecule has 2 heterocycles. The van der Waals surface area contributed by atoms with E-state index >= 15 is 0 Å². The van der Waals surface area contributed by atoms with Crippen LogP contribution in [0.15, 0.2) is 42.7 Å². The number of benzene rings is 1. The van der Waals surface area contributed by atoms with Gasteiger partial charge in [-0.1, -0.05) is 18.2 Å². The van der Waals surface area contributed by atoms with Crippen LogP contribution < -0.4 is 0 Å². The first kappa shape index (κ1) is 6.60. The summed E-state index contributed by atoms with van der Waals surface area (Å²) < 4.78 is 1.78. The fourth-order valence-corrected chi connectivity index (χ4v) is 1.45. The standard InChI is InChI=1S/C10H7N3/c1-2-4-9-8(3-1)7-13-10(12-9)5-6-11-13/h1-7H. The van der Waals surface area contributed by atoms with E-state index in [1.165, 1.54) is 0 Å². The highest BCUT2D eigenvalue weighted by Crippen LogP contribution is 2.11. The molecule has 62 valence electrons. The van der Waals surface area contributed by atoms with Gasteiger partial charge >= 0.3 is 0 Å². The molecule has 0 saturated heterocycles. The van der Waals surface area contributed by atoms with Crippen LogP contribution in [-0.4, -0.2) is 14.6 Å². The Balaban J connectivity index is 2.57. The van der Waals surface area contributed by atoms with Crippen molar-refractivity contribution >= 4 is 16.6 Å². The summed E-state index contributed by atoms with van der Waals surface area (Å²) in [6.45, 7) is 0. The van der Waals surface area contributed by atoms with Crippen LogP contribution in [0.1, 0.15) is 0 Å². The van der Waals surface area contributed by atoms with Gasteiger partial charge in [0.05, 0.1) is 11.7 Å². The van der Waals surface area contributed by atoms with Gasteiger partial charge in [0.1, 0.15) is 0 Å². The van der Waals surface area contributed by atoms with Gasteiger partial charge in [0.2, 0.25) is 0 Å². The Morgan fingerprint density at radius 3 is 3.00 bits per heavy atom. The monoisotopic (exact) mass is 169 g/mol. The highest BCUT2D eigenvalue weighted by molar-refractivity contribution is 5.79. The van der Waals surface area contributed by atoms with E-state index < -0.39 is 0 Å². The maximum atomic E-state index is 4.44. The number of nitrogens with zero attached hydrogens (tertiary/aromatic N) is 3. The minimum absolute atomic E-state index is 0.888. The number of hydrogen-bond donors (Lipinski definition) is 0. The lowest BCUT2D eigenvalue weighted by atomic mass is 10.2. The van der Waals surface area contributed by atoms with Gasteiger partial charge < -0.3 is 0 Å². The van der Waals surface area contributed by atoms with Gasteiger partial charge in [0, 0.05) is 17.6 Å². The highest BCUT2D eigenvalue weighted by atomic mass is 15.2. The number of hydrogen-bond acceptors (Lipinski definition) is 2. The van der Waals surface area contributed by atoms with Gasteiger partial charge in [-0.3, -0.25) is 0 Å². The summed E-state index contributed by atoms with van der Waals surface area (Å²) in [5.41, 5.74) is 1.90. The van der Waals surface area contributed by atoms with E-state index in [0.29, 0.717) is 0 Å². The molecular formula is C10H7N3. The molecule has 0 radical (unpaired) electrons. The molecule has 0 aliphatic rings. The molecule has 13 heavy (non-hydrogen) atoms. The van der Waals surface area contributed by atoms with E-state index in [1.54, 1.807) is 10.7 Å². The molecule has 3 aromatic rings. The minimum Gasteiger partial charge on any atom is -0.229 e. The Morgan fingerprint density at radius 2 is 2.00 bits per heavy atom. The lowest BCUT2D eigenvalue weighted by molar-refractivity contribution is 0.953. The zero-order valence-electron chi connectivity index (χ0n) is 6.88. The Kier molecular flexibility index (Phi) is 1.16. The Bertz CT molecular complexity index is 519. The summed E-state index contributed by atoms with van der Waals surface area (Å²) in [5, 5.41) is 5.23. The van der Waals surface area contributed by atoms with Gasteiger partial charge in [0.15, 0.2) is 5.65 Å². The highest BCUT2D eigenvalue weighted by Gasteiger charge is 1.97. The minimum atomic E-state index is 0.888. The Morgan fingerprint density at radius 1 is 1.08 bits per heavy atom. The average molecular weight is 169 g/mol. The molecule has 0 atom stereocenters. The summed E-state index contributed by atoms with van der Waals surface area (Å²) >= 11 is 0. The lowest BCUT2D eigenvalue weighted by Crippen LogP contribution is -1.89. The molecular weight excluding hydrogens is 162 g/mol. The summed E-state index contributed by atoms with van der Waals surface area (Å²) in [4.78, 5) is 4.44. The predicted molar refractivity (Wildman–Crippen MR) is 50.5 cm³/mol. The zero-order valence-corrected chi connectivity index (χ0v) is 6.88. The van der Waals surface area contributed by atoms with Crippen LogP contribution in [0, 0.1) is 0 Å². The molecule has 3 nitrogen and oxygen atoms in total. The second kappa shape index (κ2) is 2.29. The fourth-order valence-electron chi connectivity index (χ4n) is 1.45. The molecule has 0 unspecified atom stereocenters.